The summed E-state index contributed by atoms with van der Waals surface area (Å²) in [4.78, 5) is 12.8. The van der Waals surface area contributed by atoms with Crippen molar-refractivity contribution < 1.29 is 22.7 Å². The van der Waals surface area contributed by atoms with E-state index in [0.29, 0.717) is 11.4 Å². The third-order valence-corrected chi connectivity index (χ3v) is 6.77. The summed E-state index contributed by atoms with van der Waals surface area (Å²) in [5.41, 5.74) is 0.761. The van der Waals surface area contributed by atoms with E-state index in [1.54, 1.807) is 73.7 Å². The molecule has 1 heterocycles. The highest BCUT2D eigenvalue weighted by molar-refractivity contribution is 7.91. The molecular formula is C25H22N2O5S. The summed E-state index contributed by atoms with van der Waals surface area (Å²) in [5.74, 6) is -0.441. The molecule has 1 aromatic heterocycles. The minimum atomic E-state index is -4.02. The Hall–Kier alpha value is -3.91. The zero-order valence-electron chi connectivity index (χ0n) is 18.1. The molecule has 4 aromatic rings. The van der Waals surface area contributed by atoms with Crippen molar-refractivity contribution in [2.75, 3.05) is 0 Å². The van der Waals surface area contributed by atoms with Crippen molar-refractivity contribution in [3.63, 3.8) is 0 Å². The summed E-state index contributed by atoms with van der Waals surface area (Å²) in [6, 6.07) is 25.7. The fourth-order valence-electron chi connectivity index (χ4n) is 3.28. The molecule has 33 heavy (non-hydrogen) atoms. The molecule has 4 rings (SSSR count). The molecule has 0 aliphatic rings. The summed E-state index contributed by atoms with van der Waals surface area (Å²) in [7, 11) is -4.02. The Kier molecular flexibility index (Phi) is 6.28. The second-order valence-corrected chi connectivity index (χ2v) is 9.16. The Labute approximate surface area is 192 Å². The number of rotatable bonds is 7. The zero-order chi connectivity index (χ0) is 23.4. The fourth-order valence-corrected chi connectivity index (χ4v) is 4.82. The zero-order valence-corrected chi connectivity index (χ0v) is 18.9. The van der Waals surface area contributed by atoms with Crippen molar-refractivity contribution in [3.05, 3.63) is 96.7 Å². The largest absolute Gasteiger partial charge is 0.479 e. The van der Waals surface area contributed by atoms with Gasteiger partial charge in [0.1, 0.15) is 5.75 Å². The number of aromatic nitrogens is 2. The lowest BCUT2D eigenvalue weighted by Gasteiger charge is -2.15. The summed E-state index contributed by atoms with van der Waals surface area (Å²) in [5, 5.41) is 4.39. The third-order valence-electron chi connectivity index (χ3n) is 4.87. The van der Waals surface area contributed by atoms with E-state index in [9.17, 15) is 13.2 Å². The molecular weight excluding hydrogens is 440 g/mol. The normalized spacial score (nSPS) is 12.2. The lowest BCUT2D eigenvalue weighted by molar-refractivity contribution is -0.142. The molecule has 0 unspecified atom stereocenters. The highest BCUT2D eigenvalue weighted by Crippen LogP contribution is 2.34. The molecule has 0 saturated heterocycles. The average molecular weight is 463 g/mol. The first-order chi connectivity index (χ1) is 15.9. The van der Waals surface area contributed by atoms with Crippen LogP contribution in [0.5, 0.6) is 11.6 Å². The number of benzene rings is 3. The van der Waals surface area contributed by atoms with Crippen molar-refractivity contribution >= 4 is 15.8 Å². The van der Waals surface area contributed by atoms with Gasteiger partial charge in [0, 0.05) is 0 Å². The van der Waals surface area contributed by atoms with Crippen LogP contribution in [0.3, 0.4) is 0 Å². The van der Waals surface area contributed by atoms with Gasteiger partial charge in [-0.3, -0.25) is 0 Å². The number of para-hydroxylation sites is 2. The van der Waals surface area contributed by atoms with Gasteiger partial charge >= 0.3 is 5.97 Å². The van der Waals surface area contributed by atoms with Crippen LogP contribution in [0.1, 0.15) is 12.6 Å². The molecule has 0 amide bonds. The second kappa shape index (κ2) is 9.30. The van der Waals surface area contributed by atoms with Crippen LogP contribution in [0.15, 0.2) is 101 Å². The van der Waals surface area contributed by atoms with Gasteiger partial charge in [-0.2, -0.15) is 9.78 Å². The van der Waals surface area contributed by atoms with Gasteiger partial charge in [0.2, 0.25) is 15.7 Å². The molecule has 0 radical (unpaired) electrons. The summed E-state index contributed by atoms with van der Waals surface area (Å²) < 4.78 is 39.6. The van der Waals surface area contributed by atoms with E-state index in [2.05, 4.69) is 5.10 Å². The Bertz CT molecular complexity index is 1350. The standard InChI is InChI=1S/C25H22N2O5S/c1-18-23(33(29,30)22-16-10-5-11-17-22)24(27(26-18)20-12-6-3-7-13-20)32-25(28)19(2)31-21-14-8-4-9-15-21/h3-17,19H,1-2H3/t19-/m1/s1. The van der Waals surface area contributed by atoms with Crippen LogP contribution in [-0.2, 0) is 14.6 Å². The van der Waals surface area contributed by atoms with Crippen LogP contribution in [0, 0.1) is 6.92 Å². The number of aryl methyl sites for hydroxylation is 1. The Morgan fingerprint density at radius 3 is 2.03 bits per heavy atom. The molecule has 168 valence electrons. The summed E-state index contributed by atoms with van der Waals surface area (Å²) in [6.45, 7) is 3.10. The van der Waals surface area contributed by atoms with Crippen LogP contribution >= 0.6 is 0 Å². The molecule has 0 aliphatic heterocycles. The molecule has 0 spiro atoms. The topological polar surface area (TPSA) is 87.5 Å². The maximum Gasteiger partial charge on any atom is 0.353 e. The van der Waals surface area contributed by atoms with E-state index in [1.165, 1.54) is 23.7 Å². The lowest BCUT2D eigenvalue weighted by Crippen LogP contribution is -2.29. The van der Waals surface area contributed by atoms with Crippen molar-refractivity contribution in [1.29, 1.82) is 0 Å². The van der Waals surface area contributed by atoms with Gasteiger partial charge < -0.3 is 9.47 Å². The number of hydrogen-bond acceptors (Lipinski definition) is 6. The maximum atomic E-state index is 13.5. The highest BCUT2D eigenvalue weighted by Gasteiger charge is 2.33. The lowest BCUT2D eigenvalue weighted by atomic mass is 10.3. The number of ether oxygens (including phenoxy) is 2. The number of carbonyl (C=O) groups is 1. The van der Waals surface area contributed by atoms with Gasteiger partial charge in [-0.05, 0) is 50.2 Å². The van der Waals surface area contributed by atoms with Gasteiger partial charge in [-0.25, -0.2) is 13.2 Å². The summed E-state index contributed by atoms with van der Waals surface area (Å²) >= 11 is 0. The molecule has 1 atom stereocenters. The van der Waals surface area contributed by atoms with Gasteiger partial charge in [0.05, 0.1) is 16.3 Å². The monoisotopic (exact) mass is 462 g/mol. The minimum absolute atomic E-state index is 0.0756. The molecule has 0 saturated carbocycles. The highest BCUT2D eigenvalue weighted by atomic mass is 32.2. The van der Waals surface area contributed by atoms with E-state index in [4.69, 9.17) is 9.47 Å². The number of nitrogens with zero attached hydrogens (tertiary/aromatic N) is 2. The average Bonchev–Trinajstić information content (AvgIpc) is 3.17. The molecule has 3 aromatic carbocycles. The first-order valence-electron chi connectivity index (χ1n) is 10.3. The number of sulfone groups is 1. The van der Waals surface area contributed by atoms with E-state index < -0.39 is 21.9 Å². The predicted molar refractivity (Wildman–Crippen MR) is 122 cm³/mol. The van der Waals surface area contributed by atoms with Gasteiger partial charge in [0.15, 0.2) is 11.0 Å². The predicted octanol–water partition coefficient (Wildman–Crippen LogP) is 4.39. The molecule has 0 bridgehead atoms. The van der Waals surface area contributed by atoms with Crippen LogP contribution in [0.25, 0.3) is 5.69 Å². The van der Waals surface area contributed by atoms with Crippen LogP contribution < -0.4 is 9.47 Å². The first-order valence-corrected chi connectivity index (χ1v) is 11.7. The van der Waals surface area contributed by atoms with Gasteiger partial charge in [-0.1, -0.05) is 54.6 Å². The second-order valence-electron chi connectivity index (χ2n) is 7.28. The van der Waals surface area contributed by atoms with E-state index >= 15 is 0 Å². The van der Waals surface area contributed by atoms with E-state index in [1.807, 2.05) is 12.1 Å². The number of carbonyl (C=O) groups excluding carboxylic acids is 1. The van der Waals surface area contributed by atoms with Crippen molar-refractivity contribution in [3.8, 4) is 17.3 Å². The number of esters is 1. The quantitative estimate of drug-likeness (QED) is 0.379. The van der Waals surface area contributed by atoms with Crippen molar-refractivity contribution in [1.82, 2.24) is 9.78 Å². The SMILES string of the molecule is Cc1nn(-c2ccccc2)c(OC(=O)[C@@H](C)Oc2ccccc2)c1S(=O)(=O)c1ccccc1. The molecule has 0 aliphatic carbocycles. The van der Waals surface area contributed by atoms with Crippen LogP contribution in [0.4, 0.5) is 0 Å². The Balaban J connectivity index is 1.77. The smallest absolute Gasteiger partial charge is 0.353 e. The molecule has 0 N–H and O–H groups in total. The minimum Gasteiger partial charge on any atom is -0.479 e. The summed E-state index contributed by atoms with van der Waals surface area (Å²) in [6.07, 6.45) is -0.987. The van der Waals surface area contributed by atoms with Gasteiger partial charge in [-0.15, -0.1) is 0 Å². The third kappa shape index (κ3) is 4.65. The van der Waals surface area contributed by atoms with Crippen LogP contribution in [-0.4, -0.2) is 30.3 Å². The van der Waals surface area contributed by atoms with Crippen LogP contribution in [0.2, 0.25) is 0 Å². The fraction of sp³-hybridized carbons (Fsp3) is 0.120. The molecule has 0 fully saturated rings. The Morgan fingerprint density at radius 1 is 0.879 bits per heavy atom. The number of hydrogen-bond donors (Lipinski definition) is 0. The van der Waals surface area contributed by atoms with Crippen molar-refractivity contribution in [2.45, 2.75) is 29.7 Å². The molecule has 7 nitrogen and oxygen atoms in total. The Morgan fingerprint density at radius 2 is 1.42 bits per heavy atom. The van der Waals surface area contributed by atoms with Crippen molar-refractivity contribution in [2.24, 2.45) is 0 Å². The maximum absolute atomic E-state index is 13.5. The van der Waals surface area contributed by atoms with E-state index in [0.717, 1.165) is 0 Å². The molecule has 8 heteroatoms. The van der Waals surface area contributed by atoms with Gasteiger partial charge in [0.25, 0.3) is 0 Å². The first kappa shape index (κ1) is 22.3. The van der Waals surface area contributed by atoms with E-state index in [-0.39, 0.29) is 21.4 Å².